The van der Waals surface area contributed by atoms with Crippen LogP contribution in [-0.2, 0) is 11.3 Å². The van der Waals surface area contributed by atoms with Gasteiger partial charge in [-0.25, -0.2) is 0 Å². The molecule has 7 nitrogen and oxygen atoms in total. The summed E-state index contributed by atoms with van der Waals surface area (Å²) >= 11 is 0. The van der Waals surface area contributed by atoms with Crippen LogP contribution < -0.4 is 10.9 Å². The van der Waals surface area contributed by atoms with Crippen LogP contribution in [0.15, 0.2) is 33.6 Å². The lowest BCUT2D eigenvalue weighted by Gasteiger charge is -2.42. The van der Waals surface area contributed by atoms with Crippen molar-refractivity contribution >= 4 is 11.7 Å². The molecule has 2 aromatic heterocycles. The van der Waals surface area contributed by atoms with Gasteiger partial charge in [0.05, 0.1) is 6.54 Å². The third kappa shape index (κ3) is 2.87. The van der Waals surface area contributed by atoms with Crippen molar-refractivity contribution in [1.29, 1.82) is 0 Å². The number of carbonyl (C=O) groups excluding carboxylic acids is 1. The van der Waals surface area contributed by atoms with Crippen molar-refractivity contribution in [2.45, 2.75) is 25.8 Å². The lowest BCUT2D eigenvalue weighted by molar-refractivity contribution is -0.118. The summed E-state index contributed by atoms with van der Waals surface area (Å²) in [6, 6.07) is 7.18. The SMILES string of the molecule is Cc1cc(NC(=O)CN2CC3CC(C2)c2cccc(=O)n2C3)no1. The van der Waals surface area contributed by atoms with Crippen molar-refractivity contribution in [3.05, 3.63) is 46.1 Å². The van der Waals surface area contributed by atoms with Crippen molar-refractivity contribution in [3.63, 3.8) is 0 Å². The smallest absolute Gasteiger partial charge is 0.250 e. The topological polar surface area (TPSA) is 80.4 Å². The van der Waals surface area contributed by atoms with E-state index in [4.69, 9.17) is 4.52 Å². The predicted octanol–water partition coefficient (Wildman–Crippen LogP) is 1.20. The Bertz CT molecular complexity index is 825. The summed E-state index contributed by atoms with van der Waals surface area (Å²) in [5, 5.41) is 6.55. The molecule has 2 bridgehead atoms. The van der Waals surface area contributed by atoms with E-state index in [1.807, 2.05) is 16.7 Å². The molecule has 0 spiro atoms. The number of hydrogen-bond acceptors (Lipinski definition) is 5. The Balaban J connectivity index is 1.44. The summed E-state index contributed by atoms with van der Waals surface area (Å²) in [6.45, 7) is 4.49. The highest BCUT2D eigenvalue weighted by atomic mass is 16.5. The minimum absolute atomic E-state index is 0.0785. The zero-order valence-corrected chi connectivity index (χ0v) is 13.6. The van der Waals surface area contributed by atoms with Gasteiger partial charge in [-0.05, 0) is 25.3 Å². The quantitative estimate of drug-likeness (QED) is 0.916. The van der Waals surface area contributed by atoms with E-state index < -0.39 is 0 Å². The first-order valence-electron chi connectivity index (χ1n) is 8.24. The summed E-state index contributed by atoms with van der Waals surface area (Å²) in [7, 11) is 0. The van der Waals surface area contributed by atoms with Crippen LogP contribution in [0.2, 0.25) is 0 Å². The van der Waals surface area contributed by atoms with Gasteiger partial charge in [0.25, 0.3) is 5.56 Å². The van der Waals surface area contributed by atoms with E-state index in [1.165, 1.54) is 0 Å². The van der Waals surface area contributed by atoms with Crippen LogP contribution in [0, 0.1) is 12.8 Å². The standard InChI is InChI=1S/C17H20N4O3/c1-11-5-15(19-24-11)18-16(22)10-20-7-12-6-13(9-20)14-3-2-4-17(23)21(14)8-12/h2-5,12-13H,6-10H2,1H3,(H,18,19,22). The van der Waals surface area contributed by atoms with Gasteiger partial charge in [0.2, 0.25) is 5.91 Å². The van der Waals surface area contributed by atoms with Gasteiger partial charge in [-0.2, -0.15) is 0 Å². The molecule has 0 aliphatic carbocycles. The normalized spacial score (nSPS) is 22.9. The van der Waals surface area contributed by atoms with Gasteiger partial charge >= 0.3 is 0 Å². The van der Waals surface area contributed by atoms with E-state index in [-0.39, 0.29) is 11.5 Å². The van der Waals surface area contributed by atoms with Crippen LogP contribution in [0.25, 0.3) is 0 Å². The largest absolute Gasteiger partial charge is 0.360 e. The van der Waals surface area contributed by atoms with Gasteiger partial charge in [0.1, 0.15) is 5.76 Å². The van der Waals surface area contributed by atoms with Gasteiger partial charge in [0, 0.05) is 43.4 Å². The summed E-state index contributed by atoms with van der Waals surface area (Å²) < 4.78 is 6.85. The van der Waals surface area contributed by atoms with E-state index in [1.54, 1.807) is 19.1 Å². The molecule has 0 radical (unpaired) electrons. The number of aromatic nitrogens is 2. The third-order valence-corrected chi connectivity index (χ3v) is 4.82. The fraction of sp³-hybridized carbons (Fsp3) is 0.471. The molecule has 1 fully saturated rings. The summed E-state index contributed by atoms with van der Waals surface area (Å²) in [5.74, 6) is 1.76. The highest BCUT2D eigenvalue weighted by Crippen LogP contribution is 2.34. The van der Waals surface area contributed by atoms with E-state index in [0.717, 1.165) is 31.7 Å². The first kappa shape index (κ1) is 15.1. The number of nitrogens with zero attached hydrogens (tertiary/aromatic N) is 3. The number of aryl methyl sites for hydroxylation is 1. The molecule has 1 saturated heterocycles. The third-order valence-electron chi connectivity index (χ3n) is 4.82. The number of piperidine rings is 1. The Morgan fingerprint density at radius 3 is 3.04 bits per heavy atom. The number of carbonyl (C=O) groups is 1. The number of pyridine rings is 1. The number of likely N-dealkylation sites (tertiary alicyclic amines) is 1. The summed E-state index contributed by atoms with van der Waals surface area (Å²) in [4.78, 5) is 26.4. The predicted molar refractivity (Wildman–Crippen MR) is 87.9 cm³/mol. The molecule has 1 amide bonds. The molecule has 0 aromatic carbocycles. The number of nitrogens with one attached hydrogen (secondary N) is 1. The summed E-state index contributed by atoms with van der Waals surface area (Å²) in [6.07, 6.45) is 1.09. The van der Waals surface area contributed by atoms with Crippen LogP contribution in [0.4, 0.5) is 5.82 Å². The zero-order chi connectivity index (χ0) is 16.7. The minimum Gasteiger partial charge on any atom is -0.360 e. The van der Waals surface area contributed by atoms with Crippen molar-refractivity contribution in [2.75, 3.05) is 25.0 Å². The van der Waals surface area contributed by atoms with Crippen molar-refractivity contribution < 1.29 is 9.32 Å². The second-order valence-electron chi connectivity index (χ2n) is 6.76. The molecule has 2 aromatic rings. The van der Waals surface area contributed by atoms with Crippen molar-refractivity contribution in [2.24, 2.45) is 5.92 Å². The molecule has 4 rings (SSSR count). The number of rotatable bonds is 3. The number of amides is 1. The second-order valence-corrected chi connectivity index (χ2v) is 6.76. The molecule has 2 atom stereocenters. The molecule has 7 heteroatoms. The maximum Gasteiger partial charge on any atom is 0.250 e. The number of fused-ring (bicyclic) bond motifs is 4. The maximum absolute atomic E-state index is 12.2. The maximum atomic E-state index is 12.2. The van der Waals surface area contributed by atoms with Crippen molar-refractivity contribution in [3.8, 4) is 0 Å². The zero-order valence-electron chi connectivity index (χ0n) is 13.6. The highest BCUT2D eigenvalue weighted by molar-refractivity contribution is 5.91. The lowest BCUT2D eigenvalue weighted by atomic mass is 9.83. The molecule has 0 saturated carbocycles. The number of hydrogen-bond donors (Lipinski definition) is 1. The highest BCUT2D eigenvalue weighted by Gasteiger charge is 2.34. The van der Waals surface area contributed by atoms with Crippen molar-refractivity contribution in [1.82, 2.24) is 14.6 Å². The fourth-order valence-electron chi connectivity index (χ4n) is 3.94. The van der Waals surface area contributed by atoms with Crippen LogP contribution in [0.1, 0.15) is 23.8 Å². The Kier molecular flexibility index (Phi) is 3.72. The Morgan fingerprint density at radius 1 is 1.38 bits per heavy atom. The van der Waals surface area contributed by atoms with Crippen LogP contribution in [0.3, 0.4) is 0 Å². The van der Waals surface area contributed by atoms with Crippen LogP contribution in [0.5, 0.6) is 0 Å². The van der Waals surface area contributed by atoms with Crippen LogP contribution >= 0.6 is 0 Å². The van der Waals surface area contributed by atoms with Gasteiger partial charge in [-0.15, -0.1) is 0 Å². The molecule has 126 valence electrons. The molecule has 1 N–H and O–H groups in total. The molecular formula is C17H20N4O3. The lowest BCUT2D eigenvalue weighted by Crippen LogP contribution is -2.49. The molecule has 4 heterocycles. The average molecular weight is 328 g/mol. The van der Waals surface area contributed by atoms with E-state index in [9.17, 15) is 9.59 Å². The first-order valence-corrected chi connectivity index (χ1v) is 8.24. The monoisotopic (exact) mass is 328 g/mol. The first-order chi connectivity index (χ1) is 11.6. The van der Waals surface area contributed by atoms with Gasteiger partial charge in [-0.1, -0.05) is 11.2 Å². The number of anilines is 1. The Hall–Kier alpha value is -2.41. The molecule has 24 heavy (non-hydrogen) atoms. The molecule has 2 aliphatic rings. The van der Waals surface area contributed by atoms with E-state index >= 15 is 0 Å². The van der Waals surface area contributed by atoms with E-state index in [2.05, 4.69) is 15.4 Å². The molecule has 2 unspecified atom stereocenters. The van der Waals surface area contributed by atoms with Gasteiger partial charge < -0.3 is 14.4 Å². The summed E-state index contributed by atoms with van der Waals surface area (Å²) in [5.41, 5.74) is 1.17. The Morgan fingerprint density at radius 2 is 2.25 bits per heavy atom. The van der Waals surface area contributed by atoms with Gasteiger partial charge in [0.15, 0.2) is 5.82 Å². The Labute approximate surface area is 139 Å². The minimum atomic E-state index is -0.0891. The molecule has 2 aliphatic heterocycles. The average Bonchev–Trinajstić information content (AvgIpc) is 2.93. The van der Waals surface area contributed by atoms with E-state index in [0.29, 0.717) is 30.0 Å². The second kappa shape index (κ2) is 5.90. The fourth-order valence-corrected chi connectivity index (χ4v) is 3.94. The molecular weight excluding hydrogens is 308 g/mol. The van der Waals surface area contributed by atoms with Crippen LogP contribution in [-0.4, -0.2) is 40.2 Å². The van der Waals surface area contributed by atoms with Gasteiger partial charge in [-0.3, -0.25) is 14.5 Å².